The number of carbonyl (C=O) groups is 1. The Morgan fingerprint density at radius 1 is 1.40 bits per heavy atom. The third-order valence-corrected chi connectivity index (χ3v) is 4.15. The van der Waals surface area contributed by atoms with Gasteiger partial charge in [0.25, 0.3) is 0 Å². The highest BCUT2D eigenvalue weighted by molar-refractivity contribution is 9.10. The van der Waals surface area contributed by atoms with Crippen molar-refractivity contribution in [3.05, 3.63) is 51.4 Å². The van der Waals surface area contributed by atoms with Crippen molar-refractivity contribution < 1.29 is 9.90 Å². The van der Waals surface area contributed by atoms with Crippen LogP contribution in [-0.2, 0) is 5.75 Å². The zero-order chi connectivity index (χ0) is 14.7. The summed E-state index contributed by atoms with van der Waals surface area (Å²) in [5.41, 5.74) is 2.71. The molecule has 0 radical (unpaired) electrons. The lowest BCUT2D eigenvalue weighted by atomic mass is 10.1. The standard InChI is InChI=1S/C14H13BrN2O2S/c1-8-5-9(2)17-13(12(8)14(18)19)20-7-11-4-3-10(15)6-16-11/h3-6H,7H2,1-2H3,(H,18,19). The molecule has 0 saturated carbocycles. The summed E-state index contributed by atoms with van der Waals surface area (Å²) in [6, 6.07) is 5.60. The van der Waals surface area contributed by atoms with E-state index in [4.69, 9.17) is 0 Å². The maximum Gasteiger partial charge on any atom is 0.338 e. The number of thioether (sulfide) groups is 1. The van der Waals surface area contributed by atoms with Crippen LogP contribution < -0.4 is 0 Å². The van der Waals surface area contributed by atoms with Gasteiger partial charge in [0.15, 0.2) is 0 Å². The Morgan fingerprint density at radius 3 is 2.75 bits per heavy atom. The van der Waals surface area contributed by atoms with E-state index in [1.54, 1.807) is 19.2 Å². The van der Waals surface area contributed by atoms with E-state index in [-0.39, 0.29) is 5.56 Å². The zero-order valence-electron chi connectivity index (χ0n) is 11.1. The van der Waals surface area contributed by atoms with Crippen LogP contribution in [0.4, 0.5) is 0 Å². The molecule has 0 saturated heterocycles. The van der Waals surface area contributed by atoms with Gasteiger partial charge in [0.05, 0.1) is 11.3 Å². The minimum atomic E-state index is -0.943. The molecule has 6 heteroatoms. The number of rotatable bonds is 4. The predicted molar refractivity (Wildman–Crippen MR) is 82.2 cm³/mol. The number of aromatic carboxylic acids is 1. The molecule has 0 amide bonds. The Balaban J connectivity index is 2.24. The van der Waals surface area contributed by atoms with Crippen LogP contribution in [-0.4, -0.2) is 21.0 Å². The first-order valence-corrected chi connectivity index (χ1v) is 7.70. The van der Waals surface area contributed by atoms with E-state index >= 15 is 0 Å². The molecule has 2 rings (SSSR count). The van der Waals surface area contributed by atoms with Gasteiger partial charge >= 0.3 is 5.97 Å². The minimum absolute atomic E-state index is 0.276. The Hall–Kier alpha value is -1.40. The van der Waals surface area contributed by atoms with E-state index < -0.39 is 5.97 Å². The fraction of sp³-hybridized carbons (Fsp3) is 0.214. The van der Waals surface area contributed by atoms with Gasteiger partial charge in [-0.3, -0.25) is 4.98 Å². The second-order valence-corrected chi connectivity index (χ2v) is 6.20. The first-order chi connectivity index (χ1) is 9.47. The smallest absolute Gasteiger partial charge is 0.338 e. The summed E-state index contributed by atoms with van der Waals surface area (Å²) < 4.78 is 0.919. The third kappa shape index (κ3) is 3.58. The van der Waals surface area contributed by atoms with Gasteiger partial charge in [-0.2, -0.15) is 0 Å². The Bertz CT molecular complexity index is 644. The van der Waals surface area contributed by atoms with Crippen LogP contribution in [0, 0.1) is 13.8 Å². The molecular weight excluding hydrogens is 340 g/mol. The predicted octanol–water partition coefficient (Wildman–Crippen LogP) is 3.85. The van der Waals surface area contributed by atoms with Crippen molar-refractivity contribution in [2.24, 2.45) is 0 Å². The molecule has 20 heavy (non-hydrogen) atoms. The molecule has 0 bridgehead atoms. The molecule has 0 atom stereocenters. The fourth-order valence-electron chi connectivity index (χ4n) is 1.80. The number of hydrogen-bond acceptors (Lipinski definition) is 4. The van der Waals surface area contributed by atoms with Gasteiger partial charge in [-0.05, 0) is 53.5 Å². The monoisotopic (exact) mass is 352 g/mol. The van der Waals surface area contributed by atoms with Crippen LogP contribution in [0.1, 0.15) is 27.3 Å². The highest BCUT2D eigenvalue weighted by Gasteiger charge is 2.16. The molecular formula is C14H13BrN2O2S. The molecule has 0 aromatic carbocycles. The maximum absolute atomic E-state index is 11.3. The summed E-state index contributed by atoms with van der Waals surface area (Å²) >= 11 is 4.72. The van der Waals surface area contributed by atoms with Gasteiger partial charge < -0.3 is 5.11 Å². The molecule has 0 fully saturated rings. The van der Waals surface area contributed by atoms with E-state index in [9.17, 15) is 9.90 Å². The lowest BCUT2D eigenvalue weighted by molar-refractivity contribution is 0.0691. The molecule has 4 nitrogen and oxygen atoms in total. The SMILES string of the molecule is Cc1cc(C)c(C(=O)O)c(SCc2ccc(Br)cn2)n1. The summed E-state index contributed by atoms with van der Waals surface area (Å²) in [5.74, 6) is -0.357. The number of halogens is 1. The molecule has 104 valence electrons. The fourth-order valence-corrected chi connectivity index (χ4v) is 3.09. The number of aromatic nitrogens is 2. The highest BCUT2D eigenvalue weighted by atomic mass is 79.9. The quantitative estimate of drug-likeness (QED) is 0.846. The van der Waals surface area contributed by atoms with Crippen LogP contribution in [0.5, 0.6) is 0 Å². The van der Waals surface area contributed by atoms with Crippen molar-refractivity contribution in [2.75, 3.05) is 0 Å². The Labute approximate surface area is 129 Å². The average molecular weight is 353 g/mol. The number of nitrogens with zero attached hydrogens (tertiary/aromatic N) is 2. The summed E-state index contributed by atoms with van der Waals surface area (Å²) in [7, 11) is 0. The first kappa shape index (κ1) is 15.0. The topological polar surface area (TPSA) is 63.1 Å². The maximum atomic E-state index is 11.3. The van der Waals surface area contributed by atoms with Crippen LogP contribution in [0.15, 0.2) is 33.9 Å². The minimum Gasteiger partial charge on any atom is -0.478 e. The first-order valence-electron chi connectivity index (χ1n) is 5.92. The largest absolute Gasteiger partial charge is 0.478 e. The second kappa shape index (κ2) is 6.37. The Kier molecular flexibility index (Phi) is 4.77. The van der Waals surface area contributed by atoms with E-state index in [0.29, 0.717) is 10.8 Å². The zero-order valence-corrected chi connectivity index (χ0v) is 13.5. The van der Waals surface area contributed by atoms with Crippen molar-refractivity contribution >= 4 is 33.7 Å². The third-order valence-electron chi connectivity index (χ3n) is 2.67. The van der Waals surface area contributed by atoms with Crippen LogP contribution >= 0.6 is 27.7 Å². The van der Waals surface area contributed by atoms with Crippen LogP contribution in [0.2, 0.25) is 0 Å². The van der Waals surface area contributed by atoms with Gasteiger partial charge in [0, 0.05) is 22.1 Å². The summed E-state index contributed by atoms with van der Waals surface area (Å²) in [5, 5.41) is 9.84. The molecule has 2 aromatic rings. The number of hydrogen-bond donors (Lipinski definition) is 1. The molecule has 0 aliphatic rings. The summed E-state index contributed by atoms with van der Waals surface area (Å²) in [4.78, 5) is 19.9. The average Bonchev–Trinajstić information content (AvgIpc) is 2.36. The normalized spacial score (nSPS) is 10.6. The van der Waals surface area contributed by atoms with Crippen LogP contribution in [0.25, 0.3) is 0 Å². The van der Waals surface area contributed by atoms with Crippen molar-refractivity contribution in [1.29, 1.82) is 0 Å². The van der Waals surface area contributed by atoms with Crippen molar-refractivity contribution in [1.82, 2.24) is 9.97 Å². The van der Waals surface area contributed by atoms with E-state index in [1.807, 2.05) is 19.1 Å². The van der Waals surface area contributed by atoms with Gasteiger partial charge in [-0.25, -0.2) is 9.78 Å². The molecule has 0 aliphatic heterocycles. The Morgan fingerprint density at radius 2 is 2.15 bits per heavy atom. The molecule has 0 aliphatic carbocycles. The molecule has 0 unspecified atom stereocenters. The van der Waals surface area contributed by atoms with Gasteiger partial charge in [-0.15, -0.1) is 0 Å². The van der Waals surface area contributed by atoms with E-state index in [2.05, 4.69) is 25.9 Å². The van der Waals surface area contributed by atoms with Crippen molar-refractivity contribution in [3.63, 3.8) is 0 Å². The molecule has 2 heterocycles. The number of pyridine rings is 2. The second-order valence-electron chi connectivity index (χ2n) is 4.32. The lowest BCUT2D eigenvalue weighted by Gasteiger charge is -2.09. The van der Waals surface area contributed by atoms with Gasteiger partial charge in [0.1, 0.15) is 5.03 Å². The van der Waals surface area contributed by atoms with Gasteiger partial charge in [0.2, 0.25) is 0 Å². The molecule has 2 aromatic heterocycles. The van der Waals surface area contributed by atoms with Gasteiger partial charge in [-0.1, -0.05) is 11.8 Å². The molecule has 1 N–H and O–H groups in total. The number of carboxylic acid groups (broad SMARTS) is 1. The van der Waals surface area contributed by atoms with Crippen molar-refractivity contribution in [2.45, 2.75) is 24.6 Å². The summed E-state index contributed by atoms with van der Waals surface area (Å²) in [6.45, 7) is 3.65. The molecule has 0 spiro atoms. The van der Waals surface area contributed by atoms with E-state index in [1.165, 1.54) is 11.8 Å². The van der Waals surface area contributed by atoms with Crippen molar-refractivity contribution in [3.8, 4) is 0 Å². The van der Waals surface area contributed by atoms with E-state index in [0.717, 1.165) is 21.4 Å². The highest BCUT2D eigenvalue weighted by Crippen LogP contribution is 2.27. The number of aryl methyl sites for hydroxylation is 2. The van der Waals surface area contributed by atoms with Crippen LogP contribution in [0.3, 0.4) is 0 Å². The lowest BCUT2D eigenvalue weighted by Crippen LogP contribution is -2.05. The number of carboxylic acids is 1. The summed E-state index contributed by atoms with van der Waals surface area (Å²) in [6.07, 6.45) is 1.73.